The van der Waals surface area contributed by atoms with Crippen LogP contribution in [0.2, 0.25) is 0 Å². The quantitative estimate of drug-likeness (QED) is 0.778. The van der Waals surface area contributed by atoms with E-state index in [2.05, 4.69) is 36.9 Å². The minimum atomic E-state index is -0.184. The number of anilines is 1. The zero-order valence-electron chi connectivity index (χ0n) is 9.70. The largest absolute Gasteiger partial charge is 0.395 e. The molecule has 0 amide bonds. The van der Waals surface area contributed by atoms with Crippen LogP contribution in [0.1, 0.15) is 11.1 Å². The Morgan fingerprint density at radius 3 is 2.53 bits per heavy atom. The van der Waals surface area contributed by atoms with Crippen LogP contribution in [0.3, 0.4) is 0 Å². The first-order chi connectivity index (χ1) is 7.04. The zero-order valence-corrected chi connectivity index (χ0v) is 9.70. The normalized spacial score (nSPS) is 12.6. The molecule has 0 spiro atoms. The number of aryl methyl sites for hydroxylation is 2. The number of benzene rings is 1. The van der Waals surface area contributed by atoms with Crippen molar-refractivity contribution in [1.29, 1.82) is 0 Å². The average molecular weight is 208 g/mol. The van der Waals surface area contributed by atoms with Crippen LogP contribution in [0.4, 0.5) is 5.69 Å². The Morgan fingerprint density at radius 1 is 1.33 bits per heavy atom. The number of rotatable bonds is 4. The van der Waals surface area contributed by atoms with Crippen LogP contribution in [0.5, 0.6) is 0 Å². The lowest BCUT2D eigenvalue weighted by atomic mass is 10.1. The summed E-state index contributed by atoms with van der Waals surface area (Å²) in [5, 5.41) is 8.88. The molecule has 0 bridgehead atoms. The molecule has 0 saturated carbocycles. The van der Waals surface area contributed by atoms with Gasteiger partial charge < -0.3 is 15.7 Å². The summed E-state index contributed by atoms with van der Waals surface area (Å²) in [7, 11) is 1.99. The maximum atomic E-state index is 8.88. The van der Waals surface area contributed by atoms with E-state index in [1.807, 2.05) is 7.05 Å². The lowest BCUT2D eigenvalue weighted by molar-refractivity contribution is 0.267. The van der Waals surface area contributed by atoms with Gasteiger partial charge in [-0.15, -0.1) is 0 Å². The van der Waals surface area contributed by atoms with Gasteiger partial charge >= 0.3 is 0 Å². The zero-order chi connectivity index (χ0) is 11.4. The summed E-state index contributed by atoms with van der Waals surface area (Å²) in [5.41, 5.74) is 9.39. The van der Waals surface area contributed by atoms with Crippen LogP contribution in [0.15, 0.2) is 18.2 Å². The van der Waals surface area contributed by atoms with E-state index in [4.69, 9.17) is 10.8 Å². The van der Waals surface area contributed by atoms with Crippen molar-refractivity contribution in [3.8, 4) is 0 Å². The van der Waals surface area contributed by atoms with Crippen LogP contribution in [0.25, 0.3) is 0 Å². The second-order valence-electron chi connectivity index (χ2n) is 4.09. The fourth-order valence-corrected chi connectivity index (χ4v) is 1.48. The van der Waals surface area contributed by atoms with E-state index in [1.54, 1.807) is 0 Å². The molecule has 1 unspecified atom stereocenters. The summed E-state index contributed by atoms with van der Waals surface area (Å²) in [5.74, 6) is 0. The Balaban J connectivity index is 2.73. The van der Waals surface area contributed by atoms with E-state index in [9.17, 15) is 0 Å². The molecule has 1 atom stereocenters. The first kappa shape index (κ1) is 12.0. The van der Waals surface area contributed by atoms with Crippen molar-refractivity contribution < 1.29 is 5.11 Å². The molecule has 0 aromatic heterocycles. The van der Waals surface area contributed by atoms with Crippen LogP contribution in [-0.4, -0.2) is 31.3 Å². The second kappa shape index (κ2) is 5.14. The smallest absolute Gasteiger partial charge is 0.0599 e. The van der Waals surface area contributed by atoms with Crippen molar-refractivity contribution >= 4 is 5.69 Å². The highest BCUT2D eigenvalue weighted by Crippen LogP contribution is 2.17. The molecule has 1 aromatic carbocycles. The third-order valence-electron chi connectivity index (χ3n) is 2.67. The number of hydrogen-bond acceptors (Lipinski definition) is 3. The Bertz CT molecular complexity index is 325. The maximum Gasteiger partial charge on any atom is 0.0599 e. The van der Waals surface area contributed by atoms with Crippen molar-refractivity contribution in [3.63, 3.8) is 0 Å². The van der Waals surface area contributed by atoms with Crippen LogP contribution in [0, 0.1) is 13.8 Å². The van der Waals surface area contributed by atoms with Gasteiger partial charge in [-0.1, -0.05) is 6.07 Å². The average Bonchev–Trinajstić information content (AvgIpc) is 2.21. The summed E-state index contributed by atoms with van der Waals surface area (Å²) in [6.45, 7) is 4.88. The third kappa shape index (κ3) is 3.22. The van der Waals surface area contributed by atoms with Gasteiger partial charge in [-0.05, 0) is 37.1 Å². The van der Waals surface area contributed by atoms with Crippen molar-refractivity contribution in [2.75, 3.05) is 25.1 Å². The molecule has 0 aliphatic heterocycles. The van der Waals surface area contributed by atoms with Gasteiger partial charge in [0.15, 0.2) is 0 Å². The summed E-state index contributed by atoms with van der Waals surface area (Å²) in [6, 6.07) is 6.13. The molecule has 15 heavy (non-hydrogen) atoms. The molecule has 1 aromatic rings. The Labute approximate surface area is 91.5 Å². The standard InChI is InChI=1S/C12H20N2O/c1-9-4-5-12(6-10(9)2)14(3)7-11(13)8-15/h4-6,11,15H,7-8,13H2,1-3H3. The predicted molar refractivity (Wildman–Crippen MR) is 64.2 cm³/mol. The Kier molecular flexibility index (Phi) is 4.12. The van der Waals surface area contributed by atoms with Crippen molar-refractivity contribution in [2.45, 2.75) is 19.9 Å². The molecular formula is C12H20N2O. The molecule has 0 radical (unpaired) electrons. The minimum absolute atomic E-state index is 0.0230. The summed E-state index contributed by atoms with van der Waals surface area (Å²) in [4.78, 5) is 2.06. The summed E-state index contributed by atoms with van der Waals surface area (Å²) in [6.07, 6.45) is 0. The molecule has 0 aliphatic rings. The van der Waals surface area contributed by atoms with Gasteiger partial charge in [0.05, 0.1) is 6.61 Å². The van der Waals surface area contributed by atoms with Crippen molar-refractivity contribution in [3.05, 3.63) is 29.3 Å². The van der Waals surface area contributed by atoms with Gasteiger partial charge in [0.2, 0.25) is 0 Å². The lowest BCUT2D eigenvalue weighted by Gasteiger charge is -2.23. The highest BCUT2D eigenvalue weighted by atomic mass is 16.3. The SMILES string of the molecule is Cc1ccc(N(C)CC(N)CO)cc1C. The van der Waals surface area contributed by atoms with Crippen molar-refractivity contribution in [2.24, 2.45) is 5.73 Å². The van der Waals surface area contributed by atoms with E-state index >= 15 is 0 Å². The molecule has 3 heteroatoms. The molecular weight excluding hydrogens is 188 g/mol. The van der Waals surface area contributed by atoms with E-state index in [0.29, 0.717) is 6.54 Å². The van der Waals surface area contributed by atoms with Crippen LogP contribution in [-0.2, 0) is 0 Å². The number of aliphatic hydroxyl groups excluding tert-OH is 1. The van der Waals surface area contributed by atoms with E-state index in [-0.39, 0.29) is 12.6 Å². The molecule has 0 aliphatic carbocycles. The molecule has 84 valence electrons. The number of likely N-dealkylation sites (N-methyl/N-ethyl adjacent to an activating group) is 1. The first-order valence-electron chi connectivity index (χ1n) is 5.19. The van der Waals surface area contributed by atoms with Gasteiger partial charge in [-0.25, -0.2) is 0 Å². The molecule has 1 rings (SSSR count). The maximum absolute atomic E-state index is 8.88. The van der Waals surface area contributed by atoms with Crippen molar-refractivity contribution in [1.82, 2.24) is 0 Å². The molecule has 0 fully saturated rings. The predicted octanol–water partition coefficient (Wildman–Crippen LogP) is 1.06. The van der Waals surface area contributed by atoms with Gasteiger partial charge in [0.25, 0.3) is 0 Å². The third-order valence-corrected chi connectivity index (χ3v) is 2.67. The number of aliphatic hydroxyl groups is 1. The molecule has 0 heterocycles. The highest BCUT2D eigenvalue weighted by molar-refractivity contribution is 5.50. The van der Waals surface area contributed by atoms with Crippen LogP contribution < -0.4 is 10.6 Å². The van der Waals surface area contributed by atoms with Gasteiger partial charge in [-0.2, -0.15) is 0 Å². The van der Waals surface area contributed by atoms with Gasteiger partial charge in [0.1, 0.15) is 0 Å². The number of hydrogen-bond donors (Lipinski definition) is 2. The highest BCUT2D eigenvalue weighted by Gasteiger charge is 2.06. The number of nitrogens with zero attached hydrogens (tertiary/aromatic N) is 1. The summed E-state index contributed by atoms with van der Waals surface area (Å²) < 4.78 is 0. The van der Waals surface area contributed by atoms with Gasteiger partial charge in [-0.3, -0.25) is 0 Å². The molecule has 0 saturated heterocycles. The summed E-state index contributed by atoms with van der Waals surface area (Å²) >= 11 is 0. The fraction of sp³-hybridized carbons (Fsp3) is 0.500. The topological polar surface area (TPSA) is 49.5 Å². The minimum Gasteiger partial charge on any atom is -0.395 e. The van der Waals surface area contributed by atoms with Crippen LogP contribution >= 0.6 is 0 Å². The fourth-order valence-electron chi connectivity index (χ4n) is 1.48. The van der Waals surface area contributed by atoms with Gasteiger partial charge in [0, 0.05) is 25.3 Å². The first-order valence-corrected chi connectivity index (χ1v) is 5.19. The molecule has 3 nitrogen and oxygen atoms in total. The molecule has 3 N–H and O–H groups in total. The Morgan fingerprint density at radius 2 is 2.00 bits per heavy atom. The number of nitrogens with two attached hydrogens (primary N) is 1. The monoisotopic (exact) mass is 208 g/mol. The lowest BCUT2D eigenvalue weighted by Crippen LogP contribution is -2.37. The van der Waals surface area contributed by atoms with E-state index in [0.717, 1.165) is 5.69 Å². The van der Waals surface area contributed by atoms with E-state index < -0.39 is 0 Å². The second-order valence-corrected chi connectivity index (χ2v) is 4.09. The van der Waals surface area contributed by atoms with E-state index in [1.165, 1.54) is 11.1 Å². The Hall–Kier alpha value is -1.06.